The first-order valence-electron chi connectivity index (χ1n) is 7.44. The van der Waals surface area contributed by atoms with Crippen molar-refractivity contribution in [2.75, 3.05) is 13.1 Å². The number of carbonyl (C=O) groups is 1. The molecular formula is C15H24N4O2. The topological polar surface area (TPSA) is 82.7 Å². The van der Waals surface area contributed by atoms with Crippen LogP contribution in [0.2, 0.25) is 0 Å². The van der Waals surface area contributed by atoms with E-state index in [9.17, 15) is 4.79 Å². The van der Waals surface area contributed by atoms with Gasteiger partial charge in [-0.2, -0.15) is 0 Å². The molecule has 2 rings (SSSR count). The minimum absolute atomic E-state index is 0.0561. The van der Waals surface area contributed by atoms with Crippen LogP contribution in [0.1, 0.15) is 44.1 Å². The molecule has 6 nitrogen and oxygen atoms in total. The zero-order valence-electron chi connectivity index (χ0n) is 12.7. The summed E-state index contributed by atoms with van der Waals surface area (Å²) in [7, 11) is 0. The minimum Gasteiger partial charge on any atom is -0.464 e. The number of carboxylic acid groups (broad SMARTS) is 1. The van der Waals surface area contributed by atoms with Crippen LogP contribution in [-0.4, -0.2) is 39.2 Å². The van der Waals surface area contributed by atoms with Crippen molar-refractivity contribution in [3.8, 4) is 0 Å². The Morgan fingerprint density at radius 1 is 1.43 bits per heavy atom. The SMILES string of the molecule is CC(C)C(c1cccc(CN2CCCC2)n1)N(N)C(=O)O. The fraction of sp³-hybridized carbons (Fsp3) is 0.600. The third-order valence-corrected chi connectivity index (χ3v) is 3.87. The molecule has 21 heavy (non-hydrogen) atoms. The van der Waals surface area contributed by atoms with Gasteiger partial charge in [0.2, 0.25) is 0 Å². The lowest BCUT2D eigenvalue weighted by Crippen LogP contribution is -2.42. The summed E-state index contributed by atoms with van der Waals surface area (Å²) in [5, 5.41) is 9.98. The van der Waals surface area contributed by atoms with Crippen molar-refractivity contribution in [2.24, 2.45) is 11.8 Å². The summed E-state index contributed by atoms with van der Waals surface area (Å²) in [5.41, 5.74) is 1.69. The third kappa shape index (κ3) is 3.92. The summed E-state index contributed by atoms with van der Waals surface area (Å²) in [6, 6.07) is 5.33. The van der Waals surface area contributed by atoms with Crippen LogP contribution in [0, 0.1) is 5.92 Å². The normalized spacial score (nSPS) is 17.1. The van der Waals surface area contributed by atoms with Crippen molar-refractivity contribution in [3.05, 3.63) is 29.6 Å². The minimum atomic E-state index is -1.14. The molecule has 1 aliphatic rings. The van der Waals surface area contributed by atoms with Crippen LogP contribution in [-0.2, 0) is 6.54 Å². The van der Waals surface area contributed by atoms with Crippen LogP contribution in [0.5, 0.6) is 0 Å². The summed E-state index contributed by atoms with van der Waals surface area (Å²) < 4.78 is 0. The molecule has 3 N–H and O–H groups in total. The standard InChI is InChI=1S/C15H24N4O2/c1-11(2)14(19(16)15(20)21)13-7-5-6-12(17-13)10-18-8-3-4-9-18/h5-7,11,14H,3-4,8-10,16H2,1-2H3,(H,20,21). The number of rotatable bonds is 5. The number of hydrogen-bond donors (Lipinski definition) is 2. The largest absolute Gasteiger partial charge is 0.464 e. The molecular weight excluding hydrogens is 268 g/mol. The van der Waals surface area contributed by atoms with Crippen LogP contribution < -0.4 is 5.84 Å². The zero-order valence-corrected chi connectivity index (χ0v) is 12.7. The van der Waals surface area contributed by atoms with Crippen LogP contribution in [0.15, 0.2) is 18.2 Å². The molecule has 1 amide bonds. The van der Waals surface area contributed by atoms with Crippen LogP contribution in [0.25, 0.3) is 0 Å². The van der Waals surface area contributed by atoms with Crippen LogP contribution in [0.4, 0.5) is 4.79 Å². The van der Waals surface area contributed by atoms with Crippen molar-refractivity contribution in [2.45, 2.75) is 39.3 Å². The van der Waals surface area contributed by atoms with Crippen molar-refractivity contribution in [3.63, 3.8) is 0 Å². The van der Waals surface area contributed by atoms with E-state index in [1.165, 1.54) is 12.8 Å². The molecule has 2 heterocycles. The first-order valence-corrected chi connectivity index (χ1v) is 7.44. The monoisotopic (exact) mass is 292 g/mol. The number of hydrazine groups is 1. The fourth-order valence-electron chi connectivity index (χ4n) is 2.84. The summed E-state index contributed by atoms with van der Waals surface area (Å²) in [4.78, 5) is 18.2. The zero-order chi connectivity index (χ0) is 15.4. The Kier molecular flexibility index (Phi) is 5.14. The van der Waals surface area contributed by atoms with Gasteiger partial charge >= 0.3 is 6.09 Å². The van der Waals surface area contributed by atoms with Crippen molar-refractivity contribution in [1.29, 1.82) is 0 Å². The Bertz CT molecular complexity index is 486. The highest BCUT2D eigenvalue weighted by molar-refractivity contribution is 5.64. The highest BCUT2D eigenvalue weighted by Gasteiger charge is 2.26. The maximum atomic E-state index is 11.1. The second-order valence-corrected chi connectivity index (χ2v) is 5.92. The van der Waals surface area contributed by atoms with Gasteiger partial charge in [-0.25, -0.2) is 15.6 Å². The van der Waals surface area contributed by atoms with Crippen molar-refractivity contribution >= 4 is 6.09 Å². The molecule has 1 atom stereocenters. The lowest BCUT2D eigenvalue weighted by Gasteiger charge is -2.28. The Hall–Kier alpha value is -1.66. The van der Waals surface area contributed by atoms with E-state index in [-0.39, 0.29) is 5.92 Å². The van der Waals surface area contributed by atoms with Crippen LogP contribution >= 0.6 is 0 Å². The Morgan fingerprint density at radius 2 is 2.10 bits per heavy atom. The van der Waals surface area contributed by atoms with Gasteiger partial charge in [0.1, 0.15) is 0 Å². The molecule has 0 radical (unpaired) electrons. The molecule has 1 aromatic rings. The Morgan fingerprint density at radius 3 is 2.67 bits per heavy atom. The van der Waals surface area contributed by atoms with Gasteiger partial charge in [-0.3, -0.25) is 9.88 Å². The maximum absolute atomic E-state index is 11.1. The third-order valence-electron chi connectivity index (χ3n) is 3.87. The molecule has 116 valence electrons. The molecule has 1 saturated heterocycles. The summed E-state index contributed by atoms with van der Waals surface area (Å²) >= 11 is 0. The average molecular weight is 292 g/mol. The van der Waals surface area contributed by atoms with E-state index in [0.717, 1.165) is 30.3 Å². The molecule has 0 bridgehead atoms. The predicted molar refractivity (Wildman–Crippen MR) is 80.4 cm³/mol. The summed E-state index contributed by atoms with van der Waals surface area (Å²) in [5.74, 6) is 5.75. The highest BCUT2D eigenvalue weighted by Crippen LogP contribution is 2.25. The van der Waals surface area contributed by atoms with Gasteiger partial charge in [-0.05, 0) is 44.0 Å². The van der Waals surface area contributed by atoms with Gasteiger partial charge in [-0.15, -0.1) is 0 Å². The maximum Gasteiger partial charge on any atom is 0.422 e. The predicted octanol–water partition coefficient (Wildman–Crippen LogP) is 2.23. The van der Waals surface area contributed by atoms with E-state index in [1.807, 2.05) is 32.0 Å². The first kappa shape index (κ1) is 15.7. The van der Waals surface area contributed by atoms with Gasteiger partial charge in [0.15, 0.2) is 0 Å². The molecule has 1 fully saturated rings. The number of nitrogens with two attached hydrogens (primary N) is 1. The van der Waals surface area contributed by atoms with Gasteiger partial charge in [0, 0.05) is 6.54 Å². The van der Waals surface area contributed by atoms with E-state index in [0.29, 0.717) is 5.69 Å². The Balaban J connectivity index is 2.18. The van der Waals surface area contributed by atoms with E-state index in [4.69, 9.17) is 10.9 Å². The quantitative estimate of drug-likeness (QED) is 0.494. The second-order valence-electron chi connectivity index (χ2n) is 5.92. The summed E-state index contributed by atoms with van der Waals surface area (Å²) in [6.45, 7) is 6.93. The molecule has 1 unspecified atom stereocenters. The number of aromatic nitrogens is 1. The van der Waals surface area contributed by atoms with Crippen molar-refractivity contribution < 1.29 is 9.90 Å². The second kappa shape index (κ2) is 6.87. The van der Waals surface area contributed by atoms with E-state index in [2.05, 4.69) is 9.88 Å². The molecule has 0 saturated carbocycles. The Labute approximate surface area is 125 Å². The van der Waals surface area contributed by atoms with Gasteiger partial charge < -0.3 is 5.11 Å². The smallest absolute Gasteiger partial charge is 0.422 e. The lowest BCUT2D eigenvalue weighted by atomic mass is 9.99. The lowest BCUT2D eigenvalue weighted by molar-refractivity contribution is 0.108. The van der Waals surface area contributed by atoms with E-state index in [1.54, 1.807) is 0 Å². The van der Waals surface area contributed by atoms with Gasteiger partial charge in [-0.1, -0.05) is 19.9 Å². The van der Waals surface area contributed by atoms with Gasteiger partial charge in [0.25, 0.3) is 0 Å². The van der Waals surface area contributed by atoms with Gasteiger partial charge in [0.05, 0.1) is 17.4 Å². The molecule has 0 spiro atoms. The molecule has 6 heteroatoms. The van der Waals surface area contributed by atoms with Crippen LogP contribution in [0.3, 0.4) is 0 Å². The number of pyridine rings is 1. The first-order chi connectivity index (χ1) is 9.99. The molecule has 1 aliphatic heterocycles. The molecule has 1 aromatic heterocycles. The highest BCUT2D eigenvalue weighted by atomic mass is 16.4. The number of nitrogens with zero attached hydrogens (tertiary/aromatic N) is 3. The summed E-state index contributed by atoms with van der Waals surface area (Å²) in [6.07, 6.45) is 1.34. The fourth-order valence-corrected chi connectivity index (χ4v) is 2.84. The average Bonchev–Trinajstić information content (AvgIpc) is 2.91. The number of hydrogen-bond acceptors (Lipinski definition) is 4. The van der Waals surface area contributed by atoms with E-state index < -0.39 is 12.1 Å². The molecule has 0 aromatic carbocycles. The number of likely N-dealkylation sites (tertiary alicyclic amines) is 1. The van der Waals surface area contributed by atoms with Crippen molar-refractivity contribution in [1.82, 2.24) is 14.9 Å². The number of amides is 1. The van der Waals surface area contributed by atoms with E-state index >= 15 is 0 Å². The molecule has 0 aliphatic carbocycles.